The Balaban J connectivity index is 1.30. The number of rotatable bonds is 6. The molecule has 0 aromatic heterocycles. The number of esters is 1. The highest BCUT2D eigenvalue weighted by atomic mass is 16.6. The molecule has 182 valence electrons. The highest BCUT2D eigenvalue weighted by Crippen LogP contribution is 2.73. The molecule has 10 atom stereocenters. The molecule has 32 heavy (non-hydrogen) atoms. The van der Waals surface area contributed by atoms with Crippen molar-refractivity contribution >= 4 is 5.97 Å². The molecule has 5 fully saturated rings. The second-order valence-corrected chi connectivity index (χ2v) is 13.5. The van der Waals surface area contributed by atoms with E-state index in [2.05, 4.69) is 34.6 Å². The van der Waals surface area contributed by atoms with Gasteiger partial charge in [-0.15, -0.1) is 0 Å². The molecule has 0 bridgehead atoms. The SMILES string of the molecule is CC(=O)O[C@@H]1CC[C@]2(C)[C@H]3CC[C@]4(C)[C@@H]([C@H](C)CCCC(C)C)CC[C@H]4[C@@H]3CC[C@]23O[C@H]13. The fourth-order valence-corrected chi connectivity index (χ4v) is 10.0. The van der Waals surface area contributed by atoms with Crippen LogP contribution >= 0.6 is 0 Å². The van der Waals surface area contributed by atoms with E-state index in [-0.39, 0.29) is 29.2 Å². The van der Waals surface area contributed by atoms with E-state index in [9.17, 15) is 4.79 Å². The average Bonchev–Trinajstić information content (AvgIpc) is 3.36. The van der Waals surface area contributed by atoms with Crippen molar-refractivity contribution in [3.05, 3.63) is 0 Å². The van der Waals surface area contributed by atoms with Crippen molar-refractivity contribution in [2.45, 2.75) is 130 Å². The number of hydrogen-bond donors (Lipinski definition) is 0. The lowest BCUT2D eigenvalue weighted by Gasteiger charge is -2.60. The van der Waals surface area contributed by atoms with Crippen molar-refractivity contribution in [1.29, 1.82) is 0 Å². The minimum absolute atomic E-state index is 0.00240. The van der Waals surface area contributed by atoms with Crippen LogP contribution in [-0.2, 0) is 14.3 Å². The van der Waals surface area contributed by atoms with Gasteiger partial charge in [0.05, 0.1) is 0 Å². The first-order valence-corrected chi connectivity index (χ1v) is 14.0. The summed E-state index contributed by atoms with van der Waals surface area (Å²) in [4.78, 5) is 11.6. The maximum absolute atomic E-state index is 11.6. The first-order chi connectivity index (χ1) is 15.1. The number of carbonyl (C=O) groups is 1. The van der Waals surface area contributed by atoms with Crippen molar-refractivity contribution < 1.29 is 14.3 Å². The molecule has 1 saturated heterocycles. The minimum Gasteiger partial charge on any atom is -0.460 e. The molecule has 4 saturated carbocycles. The van der Waals surface area contributed by atoms with Crippen LogP contribution < -0.4 is 0 Å². The summed E-state index contributed by atoms with van der Waals surface area (Å²) in [6.07, 6.45) is 14.8. The van der Waals surface area contributed by atoms with Gasteiger partial charge in [0.25, 0.3) is 0 Å². The number of carbonyl (C=O) groups excluding carboxylic acids is 1. The minimum atomic E-state index is -0.147. The Kier molecular flexibility index (Phi) is 5.79. The molecule has 0 unspecified atom stereocenters. The van der Waals surface area contributed by atoms with Crippen molar-refractivity contribution in [2.75, 3.05) is 0 Å². The Labute approximate surface area is 196 Å². The molecule has 3 heteroatoms. The molecule has 0 N–H and O–H groups in total. The Morgan fingerprint density at radius 1 is 0.969 bits per heavy atom. The lowest BCUT2D eigenvalue weighted by molar-refractivity contribution is -0.152. The monoisotopic (exact) mass is 444 g/mol. The van der Waals surface area contributed by atoms with Gasteiger partial charge in [0, 0.05) is 12.3 Å². The zero-order valence-electron chi connectivity index (χ0n) is 21.6. The van der Waals surface area contributed by atoms with Crippen LogP contribution in [0.3, 0.4) is 0 Å². The van der Waals surface area contributed by atoms with Gasteiger partial charge in [0.2, 0.25) is 0 Å². The summed E-state index contributed by atoms with van der Waals surface area (Å²) >= 11 is 0. The molecular formula is C29H48O3. The largest absolute Gasteiger partial charge is 0.460 e. The van der Waals surface area contributed by atoms with Crippen molar-refractivity contribution in [2.24, 2.45) is 46.3 Å². The fourth-order valence-electron chi connectivity index (χ4n) is 10.0. The maximum Gasteiger partial charge on any atom is 0.302 e. The summed E-state index contributed by atoms with van der Waals surface area (Å²) in [6.45, 7) is 14.1. The van der Waals surface area contributed by atoms with Crippen LogP contribution in [0.5, 0.6) is 0 Å². The maximum atomic E-state index is 11.6. The summed E-state index contributed by atoms with van der Waals surface area (Å²) in [6, 6.07) is 0. The van der Waals surface area contributed by atoms with E-state index in [0.717, 1.165) is 41.9 Å². The summed E-state index contributed by atoms with van der Waals surface area (Å²) in [5.74, 6) is 5.08. The Morgan fingerprint density at radius 3 is 2.47 bits per heavy atom. The number of epoxide rings is 1. The summed E-state index contributed by atoms with van der Waals surface area (Å²) in [5.41, 5.74) is 0.833. The van der Waals surface area contributed by atoms with E-state index in [0.29, 0.717) is 5.41 Å². The van der Waals surface area contributed by atoms with Gasteiger partial charge in [-0.05, 0) is 92.3 Å². The van der Waals surface area contributed by atoms with E-state index in [1.54, 1.807) is 6.92 Å². The zero-order valence-corrected chi connectivity index (χ0v) is 21.6. The second-order valence-electron chi connectivity index (χ2n) is 13.5. The normalized spacial score (nSPS) is 50.1. The van der Waals surface area contributed by atoms with Gasteiger partial charge in [-0.2, -0.15) is 0 Å². The highest BCUT2D eigenvalue weighted by Gasteiger charge is 2.76. The van der Waals surface area contributed by atoms with Crippen LogP contribution in [0.1, 0.15) is 112 Å². The van der Waals surface area contributed by atoms with E-state index in [1.807, 2.05) is 0 Å². The quantitative estimate of drug-likeness (QED) is 0.322. The van der Waals surface area contributed by atoms with Gasteiger partial charge in [-0.1, -0.05) is 53.9 Å². The molecule has 3 nitrogen and oxygen atoms in total. The van der Waals surface area contributed by atoms with Gasteiger partial charge in [0.1, 0.15) is 17.8 Å². The second kappa shape index (κ2) is 7.99. The molecule has 1 spiro atoms. The number of fused-ring (bicyclic) bond motifs is 4. The molecule has 4 aliphatic carbocycles. The predicted octanol–water partition coefficient (Wildman–Crippen LogP) is 7.17. The van der Waals surface area contributed by atoms with Crippen LogP contribution in [0.2, 0.25) is 0 Å². The first-order valence-electron chi connectivity index (χ1n) is 14.0. The Hall–Kier alpha value is -0.570. The lowest BCUT2D eigenvalue weighted by Crippen LogP contribution is -2.59. The van der Waals surface area contributed by atoms with Gasteiger partial charge >= 0.3 is 5.97 Å². The summed E-state index contributed by atoms with van der Waals surface area (Å²) in [5, 5.41) is 0. The first kappa shape index (κ1) is 23.2. The number of ether oxygens (including phenoxy) is 2. The molecule has 0 aromatic rings. The van der Waals surface area contributed by atoms with Gasteiger partial charge in [-0.3, -0.25) is 4.79 Å². The molecule has 5 aliphatic rings. The van der Waals surface area contributed by atoms with E-state index in [4.69, 9.17) is 9.47 Å². The highest BCUT2D eigenvalue weighted by molar-refractivity contribution is 5.66. The molecule has 0 radical (unpaired) electrons. The van der Waals surface area contributed by atoms with E-state index in [1.165, 1.54) is 64.2 Å². The third-order valence-corrected chi connectivity index (χ3v) is 11.6. The van der Waals surface area contributed by atoms with E-state index < -0.39 is 0 Å². The molecule has 1 aliphatic heterocycles. The molecule has 5 rings (SSSR count). The van der Waals surface area contributed by atoms with Gasteiger partial charge < -0.3 is 9.47 Å². The zero-order chi connectivity index (χ0) is 22.9. The molecule has 0 amide bonds. The Bertz CT molecular complexity index is 732. The molecule has 1 heterocycles. The van der Waals surface area contributed by atoms with Crippen molar-refractivity contribution in [3.8, 4) is 0 Å². The van der Waals surface area contributed by atoms with Crippen LogP contribution in [0.15, 0.2) is 0 Å². The Morgan fingerprint density at radius 2 is 1.75 bits per heavy atom. The predicted molar refractivity (Wildman–Crippen MR) is 128 cm³/mol. The van der Waals surface area contributed by atoms with Crippen LogP contribution in [-0.4, -0.2) is 23.8 Å². The molecular weight excluding hydrogens is 396 g/mol. The summed E-state index contributed by atoms with van der Waals surface area (Å²) in [7, 11) is 0. The van der Waals surface area contributed by atoms with Crippen LogP contribution in [0, 0.1) is 46.3 Å². The van der Waals surface area contributed by atoms with Crippen LogP contribution in [0.4, 0.5) is 0 Å². The average molecular weight is 445 g/mol. The van der Waals surface area contributed by atoms with Gasteiger partial charge in [0.15, 0.2) is 0 Å². The topological polar surface area (TPSA) is 38.8 Å². The van der Waals surface area contributed by atoms with Crippen molar-refractivity contribution in [1.82, 2.24) is 0 Å². The lowest BCUT2D eigenvalue weighted by atomic mass is 9.44. The number of hydrogen-bond acceptors (Lipinski definition) is 3. The standard InChI is InChI=1S/C29H48O3/c1-18(2)8-7-9-19(3)22-10-11-23-21-12-17-29-26(32-29)25(31-20(4)30)14-16-28(29,6)24(21)13-15-27(22,23)5/h18-19,21-26H,7-17H2,1-6H3/t19-,21+,22-,23+,24+,25-,26-,27-,28-,29-/m1/s1. The molecule has 0 aromatic carbocycles. The van der Waals surface area contributed by atoms with Crippen LogP contribution in [0.25, 0.3) is 0 Å². The fraction of sp³-hybridized carbons (Fsp3) is 0.966. The van der Waals surface area contributed by atoms with Crippen molar-refractivity contribution in [3.63, 3.8) is 0 Å². The summed E-state index contributed by atoms with van der Waals surface area (Å²) < 4.78 is 12.2. The van der Waals surface area contributed by atoms with Gasteiger partial charge in [-0.25, -0.2) is 0 Å². The van der Waals surface area contributed by atoms with E-state index >= 15 is 0 Å². The smallest absolute Gasteiger partial charge is 0.302 e. The third kappa shape index (κ3) is 3.34. The third-order valence-electron chi connectivity index (χ3n) is 11.6.